The quantitative estimate of drug-likeness (QED) is 0.345. The van der Waals surface area contributed by atoms with Crippen molar-refractivity contribution in [2.75, 3.05) is 11.5 Å². The van der Waals surface area contributed by atoms with Crippen LogP contribution < -0.4 is 11.5 Å². The number of alkyl halides is 4. The van der Waals surface area contributed by atoms with Gasteiger partial charge in [0.15, 0.2) is 0 Å². The van der Waals surface area contributed by atoms with Crippen molar-refractivity contribution in [1.29, 1.82) is 0 Å². The topological polar surface area (TPSA) is 52.0 Å². The van der Waals surface area contributed by atoms with Gasteiger partial charge in [0.1, 0.15) is 0 Å². The van der Waals surface area contributed by atoms with Gasteiger partial charge in [-0.1, -0.05) is 40.5 Å². The SMILES string of the molecule is CCCc1cc(C(F)(F)C(F)(F)c2cc(CC)c(N)c(CCC)c2)cc(CC)c1N. The van der Waals surface area contributed by atoms with Crippen LogP contribution in [0.2, 0.25) is 0 Å². The van der Waals surface area contributed by atoms with Crippen molar-refractivity contribution >= 4 is 11.4 Å². The minimum Gasteiger partial charge on any atom is -0.398 e. The summed E-state index contributed by atoms with van der Waals surface area (Å²) < 4.78 is 61.3. The van der Waals surface area contributed by atoms with Gasteiger partial charge in [0, 0.05) is 22.5 Å². The molecule has 6 heteroatoms. The molecule has 0 unspecified atom stereocenters. The summed E-state index contributed by atoms with van der Waals surface area (Å²) in [6, 6.07) is 4.51. The number of hydrogen-bond donors (Lipinski definition) is 2. The summed E-state index contributed by atoms with van der Waals surface area (Å²) in [6.45, 7) is 7.32. The molecule has 166 valence electrons. The molecule has 0 radical (unpaired) electrons. The van der Waals surface area contributed by atoms with E-state index in [2.05, 4.69) is 0 Å². The third-order valence-electron chi connectivity index (χ3n) is 5.62. The number of rotatable bonds is 9. The molecule has 0 aliphatic carbocycles. The van der Waals surface area contributed by atoms with Crippen LogP contribution in [-0.2, 0) is 37.5 Å². The Morgan fingerprint density at radius 3 is 1.17 bits per heavy atom. The summed E-state index contributed by atoms with van der Waals surface area (Å²) in [4.78, 5) is 0. The molecule has 2 aromatic carbocycles. The van der Waals surface area contributed by atoms with Gasteiger partial charge in [-0.05, 0) is 72.2 Å². The molecule has 0 heterocycles. The molecule has 0 fully saturated rings. The summed E-state index contributed by atoms with van der Waals surface area (Å²) in [6.07, 6.45) is 3.04. The van der Waals surface area contributed by atoms with Crippen molar-refractivity contribution < 1.29 is 17.6 Å². The smallest absolute Gasteiger partial charge is 0.339 e. The van der Waals surface area contributed by atoms with E-state index in [0.29, 0.717) is 72.2 Å². The maximum atomic E-state index is 15.3. The summed E-state index contributed by atoms with van der Waals surface area (Å²) >= 11 is 0. The Morgan fingerprint density at radius 2 is 0.900 bits per heavy atom. The normalized spacial score (nSPS) is 12.4. The molecule has 2 aromatic rings. The van der Waals surface area contributed by atoms with Crippen molar-refractivity contribution in [3.8, 4) is 0 Å². The Balaban J connectivity index is 2.66. The highest BCUT2D eigenvalue weighted by atomic mass is 19.3. The molecular weight excluding hydrogens is 392 g/mol. The van der Waals surface area contributed by atoms with Gasteiger partial charge in [-0.15, -0.1) is 0 Å². The Hall–Kier alpha value is -2.24. The second-order valence-electron chi connectivity index (χ2n) is 7.77. The van der Waals surface area contributed by atoms with E-state index in [1.807, 2.05) is 13.8 Å². The molecule has 0 saturated heterocycles. The van der Waals surface area contributed by atoms with Gasteiger partial charge in [-0.2, -0.15) is 17.6 Å². The number of aryl methyl sites for hydroxylation is 4. The molecule has 4 N–H and O–H groups in total. The fourth-order valence-electron chi connectivity index (χ4n) is 3.82. The van der Waals surface area contributed by atoms with Crippen molar-refractivity contribution in [3.63, 3.8) is 0 Å². The van der Waals surface area contributed by atoms with Gasteiger partial charge in [-0.3, -0.25) is 0 Å². The van der Waals surface area contributed by atoms with Gasteiger partial charge in [0.2, 0.25) is 0 Å². The minimum atomic E-state index is -4.39. The van der Waals surface area contributed by atoms with Crippen LogP contribution in [0, 0.1) is 0 Å². The van der Waals surface area contributed by atoms with E-state index in [-0.39, 0.29) is 0 Å². The number of halogens is 4. The number of benzene rings is 2. The molecule has 0 bridgehead atoms. The van der Waals surface area contributed by atoms with E-state index >= 15 is 17.6 Å². The first-order valence-corrected chi connectivity index (χ1v) is 10.6. The minimum absolute atomic E-state index is 0.389. The second-order valence-corrected chi connectivity index (χ2v) is 7.77. The highest BCUT2D eigenvalue weighted by Gasteiger charge is 2.58. The fraction of sp³-hybridized carbons (Fsp3) is 0.500. The largest absolute Gasteiger partial charge is 0.398 e. The molecule has 0 aromatic heterocycles. The first kappa shape index (κ1) is 24.0. The van der Waals surface area contributed by atoms with Crippen molar-refractivity contribution in [2.24, 2.45) is 0 Å². The monoisotopic (exact) mass is 424 g/mol. The third kappa shape index (κ3) is 4.28. The van der Waals surface area contributed by atoms with E-state index in [9.17, 15) is 0 Å². The first-order valence-electron chi connectivity index (χ1n) is 10.6. The second kappa shape index (κ2) is 9.27. The predicted molar refractivity (Wildman–Crippen MR) is 116 cm³/mol. The van der Waals surface area contributed by atoms with Crippen LogP contribution in [0.4, 0.5) is 28.9 Å². The Morgan fingerprint density at radius 1 is 0.600 bits per heavy atom. The lowest BCUT2D eigenvalue weighted by atomic mass is 9.88. The Bertz CT molecular complexity index is 818. The number of hydrogen-bond acceptors (Lipinski definition) is 2. The van der Waals surface area contributed by atoms with Gasteiger partial charge >= 0.3 is 11.8 Å². The van der Waals surface area contributed by atoms with E-state index in [0.717, 1.165) is 24.3 Å². The Labute approximate surface area is 176 Å². The summed E-state index contributed by atoms with van der Waals surface area (Å²) in [5.74, 6) is -8.78. The van der Waals surface area contributed by atoms with Crippen LogP contribution in [0.3, 0.4) is 0 Å². The summed E-state index contributed by atoms with van der Waals surface area (Å²) in [5.41, 5.74) is 13.5. The zero-order chi connectivity index (χ0) is 22.7. The lowest BCUT2D eigenvalue weighted by Gasteiger charge is -2.29. The van der Waals surface area contributed by atoms with Crippen LogP contribution >= 0.6 is 0 Å². The fourth-order valence-corrected chi connectivity index (χ4v) is 3.82. The highest BCUT2D eigenvalue weighted by molar-refractivity contribution is 5.59. The lowest BCUT2D eigenvalue weighted by molar-refractivity contribution is -0.224. The van der Waals surface area contributed by atoms with Crippen molar-refractivity contribution in [1.82, 2.24) is 0 Å². The predicted octanol–water partition coefficient (Wildman–Crippen LogP) is 6.76. The van der Waals surface area contributed by atoms with Gasteiger partial charge in [-0.25, -0.2) is 0 Å². The van der Waals surface area contributed by atoms with Gasteiger partial charge in [0.05, 0.1) is 0 Å². The van der Waals surface area contributed by atoms with Crippen LogP contribution in [0.5, 0.6) is 0 Å². The molecule has 0 spiro atoms. The molecule has 2 nitrogen and oxygen atoms in total. The van der Waals surface area contributed by atoms with Crippen LogP contribution in [0.15, 0.2) is 24.3 Å². The maximum Gasteiger partial charge on any atom is 0.339 e. The molecule has 0 aliphatic heterocycles. The third-order valence-corrected chi connectivity index (χ3v) is 5.62. The molecule has 0 amide bonds. The Kier molecular flexibility index (Phi) is 7.43. The number of anilines is 2. The van der Waals surface area contributed by atoms with Gasteiger partial charge in [0.25, 0.3) is 0 Å². The molecule has 2 rings (SSSR count). The van der Waals surface area contributed by atoms with Crippen molar-refractivity contribution in [2.45, 2.75) is 78.1 Å². The summed E-state index contributed by atoms with van der Waals surface area (Å²) in [5, 5.41) is 0. The van der Waals surface area contributed by atoms with E-state index in [4.69, 9.17) is 11.5 Å². The standard InChI is InChI=1S/C24H32F4N2/c1-5-9-17-13-19(11-15(7-3)21(17)29)23(25,26)24(27,28)20-12-16(8-4)22(30)18(14-20)10-6-2/h11-14H,5-10,29-30H2,1-4H3. The van der Waals surface area contributed by atoms with Crippen molar-refractivity contribution in [3.05, 3.63) is 57.6 Å². The molecular formula is C24H32F4N2. The van der Waals surface area contributed by atoms with Crippen LogP contribution in [-0.4, -0.2) is 0 Å². The number of nitrogens with two attached hydrogens (primary N) is 2. The number of nitrogen functional groups attached to an aromatic ring is 2. The molecule has 0 atom stereocenters. The lowest BCUT2D eigenvalue weighted by Crippen LogP contribution is -2.36. The van der Waals surface area contributed by atoms with Gasteiger partial charge < -0.3 is 11.5 Å². The van der Waals surface area contributed by atoms with Crippen LogP contribution in [0.25, 0.3) is 0 Å². The molecule has 0 aliphatic rings. The zero-order valence-electron chi connectivity index (χ0n) is 18.2. The average Bonchev–Trinajstić information content (AvgIpc) is 2.70. The zero-order valence-corrected chi connectivity index (χ0v) is 18.2. The van der Waals surface area contributed by atoms with E-state index in [1.54, 1.807) is 13.8 Å². The average molecular weight is 425 g/mol. The summed E-state index contributed by atoms with van der Waals surface area (Å²) in [7, 11) is 0. The van der Waals surface area contributed by atoms with E-state index < -0.39 is 23.0 Å². The molecule has 0 saturated carbocycles. The van der Waals surface area contributed by atoms with E-state index in [1.165, 1.54) is 0 Å². The van der Waals surface area contributed by atoms with Crippen LogP contribution in [0.1, 0.15) is 73.9 Å². The first-order chi connectivity index (χ1) is 14.0. The maximum absolute atomic E-state index is 15.3. The molecule has 30 heavy (non-hydrogen) atoms. The highest BCUT2D eigenvalue weighted by Crippen LogP contribution is 2.51.